The molecule has 0 heterocycles. The zero-order chi connectivity index (χ0) is 15.2. The van der Waals surface area contributed by atoms with Crippen LogP contribution in [0.5, 0.6) is 0 Å². The van der Waals surface area contributed by atoms with Gasteiger partial charge in [0.2, 0.25) is 11.8 Å². The summed E-state index contributed by atoms with van der Waals surface area (Å²) in [6.07, 6.45) is 1.08. The van der Waals surface area contributed by atoms with Gasteiger partial charge in [-0.15, -0.1) is 0 Å². The quantitative estimate of drug-likeness (QED) is 0.863. The van der Waals surface area contributed by atoms with Crippen LogP contribution >= 0.6 is 0 Å². The highest BCUT2D eigenvalue weighted by atomic mass is 16.2. The van der Waals surface area contributed by atoms with Crippen LogP contribution in [0.3, 0.4) is 0 Å². The van der Waals surface area contributed by atoms with Crippen molar-refractivity contribution >= 4 is 11.8 Å². The Kier molecular flexibility index (Phi) is 5.74. The van der Waals surface area contributed by atoms with E-state index in [0.29, 0.717) is 12.8 Å². The summed E-state index contributed by atoms with van der Waals surface area (Å²) < 4.78 is 0. The first-order valence-corrected chi connectivity index (χ1v) is 6.89. The number of rotatable bonds is 5. The zero-order valence-electron chi connectivity index (χ0n) is 12.7. The van der Waals surface area contributed by atoms with Crippen molar-refractivity contribution in [3.63, 3.8) is 0 Å². The average Bonchev–Trinajstić information content (AvgIpc) is 2.32. The molecule has 0 unspecified atom stereocenters. The highest BCUT2D eigenvalue weighted by Crippen LogP contribution is 2.06. The van der Waals surface area contributed by atoms with Gasteiger partial charge in [0, 0.05) is 12.0 Å². The number of hydrogen-bond donors (Lipinski definition) is 2. The van der Waals surface area contributed by atoms with Gasteiger partial charge in [0.1, 0.15) is 0 Å². The molecule has 4 nitrogen and oxygen atoms in total. The fourth-order valence-corrected chi connectivity index (χ4v) is 1.86. The number of carbonyl (C=O) groups is 2. The minimum atomic E-state index is -0.274. The summed E-state index contributed by atoms with van der Waals surface area (Å²) in [5, 5.41) is 5.44. The third-order valence-electron chi connectivity index (χ3n) is 2.68. The van der Waals surface area contributed by atoms with Crippen molar-refractivity contribution in [2.45, 2.75) is 46.1 Å². The predicted molar refractivity (Wildman–Crippen MR) is 80.4 cm³/mol. The maximum absolute atomic E-state index is 11.7. The normalized spacial score (nSPS) is 11.0. The molecule has 20 heavy (non-hydrogen) atoms. The molecule has 0 aliphatic heterocycles. The van der Waals surface area contributed by atoms with Gasteiger partial charge in [0.15, 0.2) is 0 Å². The standard InChI is InChI=1S/C16H24N2O2/c1-12-6-5-7-13(10-12)8-9-14(19)17-11-15(20)18-16(2,3)4/h5-7,10H,8-9,11H2,1-4H3,(H,17,19)(H,18,20). The molecule has 0 aliphatic rings. The molecule has 2 N–H and O–H groups in total. The summed E-state index contributed by atoms with van der Waals surface area (Å²) in [6.45, 7) is 7.78. The molecule has 0 saturated heterocycles. The van der Waals surface area contributed by atoms with Crippen LogP contribution in [0.1, 0.15) is 38.3 Å². The summed E-state index contributed by atoms with van der Waals surface area (Å²) in [6, 6.07) is 8.09. The molecule has 0 aliphatic carbocycles. The molecule has 1 aromatic rings. The Hall–Kier alpha value is -1.84. The Morgan fingerprint density at radius 3 is 2.45 bits per heavy atom. The van der Waals surface area contributed by atoms with Crippen LogP contribution in [-0.2, 0) is 16.0 Å². The molecule has 4 heteroatoms. The fraction of sp³-hybridized carbons (Fsp3) is 0.500. The van der Waals surface area contributed by atoms with Gasteiger partial charge < -0.3 is 10.6 Å². The van der Waals surface area contributed by atoms with Crippen molar-refractivity contribution in [1.82, 2.24) is 10.6 Å². The second kappa shape index (κ2) is 7.08. The molecule has 0 radical (unpaired) electrons. The van der Waals surface area contributed by atoms with E-state index in [2.05, 4.69) is 16.7 Å². The molecule has 1 rings (SSSR count). The molecule has 2 amide bonds. The van der Waals surface area contributed by atoms with E-state index in [4.69, 9.17) is 0 Å². The van der Waals surface area contributed by atoms with Gasteiger partial charge in [-0.3, -0.25) is 9.59 Å². The zero-order valence-corrected chi connectivity index (χ0v) is 12.7. The molecular formula is C16H24N2O2. The first-order valence-electron chi connectivity index (χ1n) is 6.89. The van der Waals surface area contributed by atoms with E-state index in [0.717, 1.165) is 5.56 Å². The van der Waals surface area contributed by atoms with Crippen LogP contribution in [-0.4, -0.2) is 23.9 Å². The van der Waals surface area contributed by atoms with Gasteiger partial charge in [0.05, 0.1) is 6.54 Å². The van der Waals surface area contributed by atoms with Crippen LogP contribution in [0.15, 0.2) is 24.3 Å². The predicted octanol–water partition coefficient (Wildman–Crippen LogP) is 1.96. The van der Waals surface area contributed by atoms with Crippen molar-refractivity contribution in [2.24, 2.45) is 0 Å². The van der Waals surface area contributed by atoms with E-state index in [-0.39, 0.29) is 23.9 Å². The van der Waals surface area contributed by atoms with Crippen LogP contribution in [0.2, 0.25) is 0 Å². The van der Waals surface area contributed by atoms with Crippen LogP contribution in [0.25, 0.3) is 0 Å². The van der Waals surface area contributed by atoms with Crippen LogP contribution < -0.4 is 10.6 Å². The number of aryl methyl sites for hydroxylation is 2. The average molecular weight is 276 g/mol. The van der Waals surface area contributed by atoms with Gasteiger partial charge in [-0.1, -0.05) is 29.8 Å². The Bertz CT molecular complexity index is 476. The van der Waals surface area contributed by atoms with Gasteiger partial charge in [0.25, 0.3) is 0 Å². The lowest BCUT2D eigenvalue weighted by molar-refractivity contribution is -0.126. The Labute approximate surface area is 121 Å². The largest absolute Gasteiger partial charge is 0.350 e. The summed E-state index contributed by atoms with van der Waals surface area (Å²) >= 11 is 0. The van der Waals surface area contributed by atoms with E-state index in [1.165, 1.54) is 5.56 Å². The van der Waals surface area contributed by atoms with Crippen molar-refractivity contribution in [3.8, 4) is 0 Å². The Morgan fingerprint density at radius 2 is 1.85 bits per heavy atom. The first-order chi connectivity index (χ1) is 9.26. The number of hydrogen-bond acceptors (Lipinski definition) is 2. The molecule has 0 aromatic heterocycles. The van der Waals surface area contributed by atoms with E-state index in [1.807, 2.05) is 45.9 Å². The Balaban J connectivity index is 2.29. The number of nitrogens with one attached hydrogen (secondary N) is 2. The summed E-state index contributed by atoms with van der Waals surface area (Å²) in [4.78, 5) is 23.2. The van der Waals surface area contributed by atoms with Crippen molar-refractivity contribution in [2.75, 3.05) is 6.54 Å². The van der Waals surface area contributed by atoms with Gasteiger partial charge in [-0.05, 0) is 39.7 Å². The first kappa shape index (κ1) is 16.2. The third-order valence-corrected chi connectivity index (χ3v) is 2.68. The third kappa shape index (κ3) is 6.92. The van der Waals surface area contributed by atoms with E-state index in [9.17, 15) is 9.59 Å². The minimum absolute atomic E-state index is 0.0317. The highest BCUT2D eigenvalue weighted by Gasteiger charge is 2.14. The Morgan fingerprint density at radius 1 is 1.15 bits per heavy atom. The van der Waals surface area contributed by atoms with Crippen molar-refractivity contribution in [3.05, 3.63) is 35.4 Å². The molecule has 0 bridgehead atoms. The maximum Gasteiger partial charge on any atom is 0.239 e. The van der Waals surface area contributed by atoms with E-state index >= 15 is 0 Å². The number of benzene rings is 1. The molecular weight excluding hydrogens is 252 g/mol. The monoisotopic (exact) mass is 276 g/mol. The smallest absolute Gasteiger partial charge is 0.239 e. The maximum atomic E-state index is 11.7. The van der Waals surface area contributed by atoms with Crippen molar-refractivity contribution in [1.29, 1.82) is 0 Å². The SMILES string of the molecule is Cc1cccc(CCC(=O)NCC(=O)NC(C)(C)C)c1. The highest BCUT2D eigenvalue weighted by molar-refractivity contribution is 5.85. The number of carbonyl (C=O) groups excluding carboxylic acids is 2. The van der Waals surface area contributed by atoms with Gasteiger partial charge in [-0.2, -0.15) is 0 Å². The lowest BCUT2D eigenvalue weighted by Gasteiger charge is -2.20. The topological polar surface area (TPSA) is 58.2 Å². The van der Waals surface area contributed by atoms with Crippen LogP contribution in [0, 0.1) is 6.92 Å². The van der Waals surface area contributed by atoms with Gasteiger partial charge in [-0.25, -0.2) is 0 Å². The lowest BCUT2D eigenvalue weighted by atomic mass is 10.1. The van der Waals surface area contributed by atoms with Crippen LogP contribution in [0.4, 0.5) is 0 Å². The second-order valence-electron chi connectivity index (χ2n) is 6.06. The summed E-state index contributed by atoms with van der Waals surface area (Å²) in [5.74, 6) is -0.267. The van der Waals surface area contributed by atoms with Gasteiger partial charge >= 0.3 is 0 Å². The van der Waals surface area contributed by atoms with E-state index < -0.39 is 0 Å². The summed E-state index contributed by atoms with van der Waals surface area (Å²) in [5.41, 5.74) is 2.05. The molecule has 0 saturated carbocycles. The molecule has 0 atom stereocenters. The minimum Gasteiger partial charge on any atom is -0.350 e. The summed E-state index contributed by atoms with van der Waals surface area (Å²) in [7, 11) is 0. The molecule has 110 valence electrons. The lowest BCUT2D eigenvalue weighted by Crippen LogP contribution is -2.45. The second-order valence-corrected chi connectivity index (χ2v) is 6.06. The number of amides is 2. The molecule has 0 fully saturated rings. The fourth-order valence-electron chi connectivity index (χ4n) is 1.86. The molecule has 1 aromatic carbocycles. The van der Waals surface area contributed by atoms with E-state index in [1.54, 1.807) is 0 Å². The van der Waals surface area contributed by atoms with Crippen molar-refractivity contribution < 1.29 is 9.59 Å². The molecule has 0 spiro atoms.